The lowest BCUT2D eigenvalue weighted by Gasteiger charge is -2.39. The van der Waals surface area contributed by atoms with Gasteiger partial charge in [-0.1, -0.05) is 12.1 Å². The summed E-state index contributed by atoms with van der Waals surface area (Å²) in [6.07, 6.45) is 3.45. The summed E-state index contributed by atoms with van der Waals surface area (Å²) >= 11 is 1.29. The first-order valence-electron chi connectivity index (χ1n) is 12.8. The van der Waals surface area contributed by atoms with Gasteiger partial charge >= 0.3 is 5.97 Å². The van der Waals surface area contributed by atoms with Crippen molar-refractivity contribution in [2.75, 3.05) is 6.61 Å². The number of ether oxygens (including phenoxy) is 2. The molecule has 0 aliphatic carbocycles. The van der Waals surface area contributed by atoms with Gasteiger partial charge in [-0.3, -0.25) is 4.79 Å². The minimum Gasteiger partial charge on any atom is -0.490 e. The maximum Gasteiger partial charge on any atom is 0.338 e. The first-order valence-corrected chi connectivity index (χ1v) is 13.8. The van der Waals surface area contributed by atoms with Crippen LogP contribution in [0.5, 0.6) is 5.75 Å². The third-order valence-corrected chi connectivity index (χ3v) is 8.20. The molecule has 2 fully saturated rings. The van der Waals surface area contributed by atoms with Gasteiger partial charge in [-0.05, 0) is 73.9 Å². The average molecular weight is 538 g/mol. The van der Waals surface area contributed by atoms with Gasteiger partial charge in [0.1, 0.15) is 23.5 Å². The number of benzene rings is 3. The van der Waals surface area contributed by atoms with Gasteiger partial charge in [0.25, 0.3) is 5.91 Å². The molecule has 5 nitrogen and oxygen atoms in total. The van der Waals surface area contributed by atoms with E-state index in [4.69, 9.17) is 9.47 Å². The predicted octanol–water partition coefficient (Wildman–Crippen LogP) is 6.65. The summed E-state index contributed by atoms with van der Waals surface area (Å²) in [6.45, 7) is 2.11. The third kappa shape index (κ3) is 5.85. The predicted molar refractivity (Wildman–Crippen MR) is 141 cm³/mol. The highest BCUT2D eigenvalue weighted by atomic mass is 32.2. The second kappa shape index (κ2) is 11.6. The van der Waals surface area contributed by atoms with E-state index in [9.17, 15) is 18.4 Å². The Bertz CT molecular complexity index is 1280. The minimum absolute atomic E-state index is 0.0104. The van der Waals surface area contributed by atoms with Crippen LogP contribution < -0.4 is 4.74 Å². The van der Waals surface area contributed by atoms with Crippen molar-refractivity contribution in [3.63, 3.8) is 0 Å². The summed E-state index contributed by atoms with van der Waals surface area (Å²) in [4.78, 5) is 27.7. The lowest BCUT2D eigenvalue weighted by molar-refractivity contribution is 0.0359. The van der Waals surface area contributed by atoms with Gasteiger partial charge < -0.3 is 14.4 Å². The van der Waals surface area contributed by atoms with Crippen LogP contribution in [-0.4, -0.2) is 41.6 Å². The number of piperidine rings is 1. The molecule has 5 rings (SSSR count). The van der Waals surface area contributed by atoms with E-state index in [-0.39, 0.29) is 30.1 Å². The highest BCUT2D eigenvalue weighted by Gasteiger charge is 2.44. The molecule has 1 unspecified atom stereocenters. The Morgan fingerprint density at radius 3 is 2.21 bits per heavy atom. The highest BCUT2D eigenvalue weighted by Crippen LogP contribution is 2.38. The van der Waals surface area contributed by atoms with Crippen LogP contribution in [0.2, 0.25) is 0 Å². The number of hydrogen-bond acceptors (Lipinski definition) is 5. The molecule has 0 aromatic heterocycles. The van der Waals surface area contributed by atoms with Crippen LogP contribution in [-0.2, 0) is 10.5 Å². The Morgan fingerprint density at radius 1 is 0.921 bits per heavy atom. The summed E-state index contributed by atoms with van der Waals surface area (Å²) in [5.74, 6) is -0.263. The fourth-order valence-electron chi connectivity index (χ4n) is 5.28. The number of carbonyl (C=O) groups is 2. The minimum atomic E-state index is -0.594. The first kappa shape index (κ1) is 26.2. The molecule has 0 radical (unpaired) electrons. The van der Waals surface area contributed by atoms with Crippen LogP contribution in [0.1, 0.15) is 58.9 Å². The summed E-state index contributed by atoms with van der Waals surface area (Å²) in [5, 5.41) is 0. The Labute approximate surface area is 225 Å². The van der Waals surface area contributed by atoms with Gasteiger partial charge in [0.15, 0.2) is 0 Å². The smallest absolute Gasteiger partial charge is 0.338 e. The van der Waals surface area contributed by atoms with E-state index in [0.717, 1.165) is 37.3 Å². The molecule has 2 heterocycles. The fourth-order valence-corrected chi connectivity index (χ4v) is 6.15. The Morgan fingerprint density at radius 2 is 1.58 bits per heavy atom. The first-order chi connectivity index (χ1) is 18.4. The molecule has 0 spiro atoms. The highest BCUT2D eigenvalue weighted by molar-refractivity contribution is 7.98. The molecule has 0 N–H and O–H groups in total. The van der Waals surface area contributed by atoms with Crippen LogP contribution in [0.4, 0.5) is 8.78 Å². The van der Waals surface area contributed by atoms with Crippen LogP contribution >= 0.6 is 11.8 Å². The summed E-state index contributed by atoms with van der Waals surface area (Å²) in [5.41, 5.74) is 2.09. The second-order valence-corrected chi connectivity index (χ2v) is 10.6. The average Bonchev–Trinajstić information content (AvgIpc) is 3.18. The van der Waals surface area contributed by atoms with Crippen molar-refractivity contribution in [3.8, 4) is 5.75 Å². The van der Waals surface area contributed by atoms with Crippen molar-refractivity contribution < 1.29 is 27.8 Å². The van der Waals surface area contributed by atoms with E-state index in [1.165, 1.54) is 23.9 Å². The van der Waals surface area contributed by atoms with E-state index in [1.807, 2.05) is 29.2 Å². The quantitative estimate of drug-likeness (QED) is 0.238. The third-order valence-electron chi connectivity index (χ3n) is 7.08. The molecule has 1 amide bonds. The molecule has 2 aliphatic rings. The number of hydrogen-bond donors (Lipinski definition) is 0. The molecular weight excluding hydrogens is 508 g/mol. The monoisotopic (exact) mass is 537 g/mol. The van der Waals surface area contributed by atoms with E-state index in [2.05, 4.69) is 0 Å². The molecule has 2 bridgehead atoms. The number of carbonyl (C=O) groups excluding carboxylic acids is 2. The van der Waals surface area contributed by atoms with Gasteiger partial charge in [0, 0.05) is 47.2 Å². The molecule has 0 saturated carbocycles. The summed E-state index contributed by atoms with van der Waals surface area (Å²) < 4.78 is 38.3. The van der Waals surface area contributed by atoms with Gasteiger partial charge in [-0.15, -0.1) is 11.8 Å². The van der Waals surface area contributed by atoms with E-state index < -0.39 is 11.6 Å². The largest absolute Gasteiger partial charge is 0.490 e. The van der Waals surface area contributed by atoms with Crippen LogP contribution in [0.25, 0.3) is 0 Å². The number of halogens is 2. The SMILES string of the molecule is CCOC(=O)c1ccc(OC2C[C@H]3CC[C@@H](C2)N3C(=O)c2ccc(CSc3ccc(F)cc3F)cc2)cc1. The molecule has 38 heavy (non-hydrogen) atoms. The van der Waals surface area contributed by atoms with Crippen LogP contribution in [0, 0.1) is 11.6 Å². The van der Waals surface area contributed by atoms with Crippen molar-refractivity contribution in [2.45, 2.75) is 61.4 Å². The summed E-state index contributed by atoms with van der Waals surface area (Å²) in [7, 11) is 0. The van der Waals surface area contributed by atoms with Crippen LogP contribution in [0.3, 0.4) is 0 Å². The van der Waals surface area contributed by atoms with Crippen LogP contribution in [0.15, 0.2) is 71.6 Å². The number of nitrogens with zero attached hydrogens (tertiary/aromatic N) is 1. The van der Waals surface area contributed by atoms with Crippen molar-refractivity contribution in [1.82, 2.24) is 4.90 Å². The van der Waals surface area contributed by atoms with Crippen molar-refractivity contribution in [2.24, 2.45) is 0 Å². The lowest BCUT2D eigenvalue weighted by Crippen LogP contribution is -2.49. The zero-order chi connectivity index (χ0) is 26.6. The number of rotatable bonds is 8. The second-order valence-electron chi connectivity index (χ2n) is 9.61. The standard InChI is InChI=1S/C30H29F2NO4S/c1-2-36-30(35)21-7-12-25(13-8-21)37-26-16-23-10-11-24(17-26)33(23)29(34)20-5-3-19(4-6-20)18-38-28-14-9-22(31)15-27(28)32/h3-9,12-15,23-24,26H,2,10-11,16-18H2,1H3/t23-,24+,26?. The van der Waals surface area contributed by atoms with Gasteiger partial charge in [-0.2, -0.15) is 0 Å². The zero-order valence-corrected chi connectivity index (χ0v) is 21.9. The zero-order valence-electron chi connectivity index (χ0n) is 21.1. The van der Waals surface area contributed by atoms with Crippen molar-refractivity contribution in [3.05, 3.63) is 95.1 Å². The Balaban J connectivity index is 1.17. The van der Waals surface area contributed by atoms with Gasteiger partial charge in [0.2, 0.25) is 0 Å². The number of thioether (sulfide) groups is 1. The van der Waals surface area contributed by atoms with Crippen molar-refractivity contribution in [1.29, 1.82) is 0 Å². The van der Waals surface area contributed by atoms with Gasteiger partial charge in [0.05, 0.1) is 12.2 Å². The molecule has 198 valence electrons. The van der Waals surface area contributed by atoms with E-state index in [1.54, 1.807) is 31.2 Å². The maximum atomic E-state index is 13.9. The molecule has 3 aromatic carbocycles. The number of fused-ring (bicyclic) bond motifs is 2. The molecule has 3 aromatic rings. The fraction of sp³-hybridized carbons (Fsp3) is 0.333. The van der Waals surface area contributed by atoms with Gasteiger partial charge in [-0.25, -0.2) is 13.6 Å². The number of amides is 1. The number of esters is 1. The molecule has 8 heteroatoms. The molecular formula is C30H29F2NO4S. The Hall–Kier alpha value is -3.39. The summed E-state index contributed by atoms with van der Waals surface area (Å²) in [6, 6.07) is 18.2. The molecule has 2 saturated heterocycles. The Kier molecular flexibility index (Phi) is 7.98. The lowest BCUT2D eigenvalue weighted by atomic mass is 9.98. The van der Waals surface area contributed by atoms with Crippen molar-refractivity contribution >= 4 is 23.6 Å². The molecule has 2 aliphatic heterocycles. The topological polar surface area (TPSA) is 55.8 Å². The van der Waals surface area contributed by atoms with E-state index in [0.29, 0.717) is 34.1 Å². The maximum absolute atomic E-state index is 13.9. The van der Waals surface area contributed by atoms with E-state index >= 15 is 0 Å². The molecule has 3 atom stereocenters. The normalized spacial score (nSPS) is 20.3.